The van der Waals surface area contributed by atoms with Gasteiger partial charge in [0, 0.05) is 37.6 Å². The lowest BCUT2D eigenvalue weighted by molar-refractivity contribution is 0.113. The third kappa shape index (κ3) is 2.24. The van der Waals surface area contributed by atoms with E-state index in [4.69, 9.17) is 0 Å². The summed E-state index contributed by atoms with van der Waals surface area (Å²) in [6, 6.07) is 1.53. The first kappa shape index (κ1) is 11.2. The van der Waals surface area contributed by atoms with Crippen molar-refractivity contribution in [3.8, 4) is 0 Å². The van der Waals surface area contributed by atoms with E-state index in [9.17, 15) is 0 Å². The molecule has 1 saturated carbocycles. The van der Waals surface area contributed by atoms with Crippen LogP contribution in [0.25, 0.3) is 0 Å². The summed E-state index contributed by atoms with van der Waals surface area (Å²) in [5.41, 5.74) is 0. The minimum atomic E-state index is 0.748. The Balaban J connectivity index is 1.60. The van der Waals surface area contributed by atoms with Crippen molar-refractivity contribution in [3.63, 3.8) is 0 Å². The van der Waals surface area contributed by atoms with Gasteiger partial charge >= 0.3 is 0 Å². The van der Waals surface area contributed by atoms with Crippen LogP contribution in [0.1, 0.15) is 31.5 Å². The van der Waals surface area contributed by atoms with Crippen LogP contribution in [0.2, 0.25) is 0 Å². The molecule has 2 aliphatic rings. The highest BCUT2D eigenvalue weighted by Gasteiger charge is 2.27. The zero-order valence-corrected chi connectivity index (χ0v) is 10.6. The molecule has 3 rings (SSSR count). The molecule has 1 aromatic rings. The Bertz CT molecular complexity index is 365. The molecule has 1 fully saturated rings. The minimum absolute atomic E-state index is 0.748. The predicted octanol–water partition coefficient (Wildman–Crippen LogP) is 1.23. The van der Waals surface area contributed by atoms with Gasteiger partial charge in [-0.25, -0.2) is 4.98 Å². The van der Waals surface area contributed by atoms with Crippen molar-refractivity contribution in [1.82, 2.24) is 19.8 Å². The first-order valence-corrected chi connectivity index (χ1v) is 6.78. The van der Waals surface area contributed by atoms with E-state index in [1.807, 2.05) is 6.20 Å². The molecule has 1 aromatic heterocycles. The highest BCUT2D eigenvalue weighted by Crippen LogP contribution is 2.25. The Morgan fingerprint density at radius 1 is 1.24 bits per heavy atom. The second-order valence-corrected chi connectivity index (χ2v) is 5.30. The molecule has 2 heterocycles. The van der Waals surface area contributed by atoms with Gasteiger partial charge in [-0.2, -0.15) is 0 Å². The van der Waals surface area contributed by atoms with Crippen LogP contribution in [-0.2, 0) is 13.1 Å². The van der Waals surface area contributed by atoms with Crippen molar-refractivity contribution in [2.24, 2.45) is 0 Å². The van der Waals surface area contributed by atoms with E-state index >= 15 is 0 Å². The standard InChI is InChI=1S/C13H22N4/c1-14-11-2-4-12(5-3-11)17-9-8-16-7-6-15-13(16)10-17/h6-7,11-12,14H,2-5,8-10H2,1H3. The van der Waals surface area contributed by atoms with Crippen LogP contribution in [0, 0.1) is 0 Å². The molecule has 94 valence electrons. The average molecular weight is 234 g/mol. The third-order valence-corrected chi connectivity index (χ3v) is 4.40. The maximum atomic E-state index is 4.44. The molecule has 0 unspecified atom stereocenters. The molecule has 0 bridgehead atoms. The van der Waals surface area contributed by atoms with Crippen LogP contribution in [0.5, 0.6) is 0 Å². The van der Waals surface area contributed by atoms with Crippen molar-refractivity contribution in [2.45, 2.75) is 50.9 Å². The third-order valence-electron chi connectivity index (χ3n) is 4.40. The van der Waals surface area contributed by atoms with Crippen molar-refractivity contribution in [2.75, 3.05) is 13.6 Å². The number of nitrogens with one attached hydrogen (secondary N) is 1. The van der Waals surface area contributed by atoms with Gasteiger partial charge in [0.25, 0.3) is 0 Å². The minimum Gasteiger partial charge on any atom is -0.333 e. The summed E-state index contributed by atoms with van der Waals surface area (Å²) < 4.78 is 2.29. The van der Waals surface area contributed by atoms with E-state index in [1.54, 1.807) is 0 Å². The van der Waals surface area contributed by atoms with Crippen LogP contribution in [-0.4, -0.2) is 40.1 Å². The van der Waals surface area contributed by atoms with E-state index in [-0.39, 0.29) is 0 Å². The molecule has 0 radical (unpaired) electrons. The van der Waals surface area contributed by atoms with Gasteiger partial charge < -0.3 is 9.88 Å². The van der Waals surface area contributed by atoms with Gasteiger partial charge in [0.15, 0.2) is 0 Å². The molecular formula is C13H22N4. The van der Waals surface area contributed by atoms with Gasteiger partial charge in [-0.1, -0.05) is 0 Å². The van der Waals surface area contributed by atoms with Crippen molar-refractivity contribution in [3.05, 3.63) is 18.2 Å². The van der Waals surface area contributed by atoms with Gasteiger partial charge in [-0.05, 0) is 32.7 Å². The van der Waals surface area contributed by atoms with Crippen LogP contribution in [0.4, 0.5) is 0 Å². The number of rotatable bonds is 2. The normalized spacial score (nSPS) is 30.2. The Kier molecular flexibility index (Phi) is 3.16. The maximum absolute atomic E-state index is 4.44. The second-order valence-electron chi connectivity index (χ2n) is 5.30. The van der Waals surface area contributed by atoms with Gasteiger partial charge in [0.05, 0.1) is 6.54 Å². The van der Waals surface area contributed by atoms with Crippen molar-refractivity contribution >= 4 is 0 Å². The fourth-order valence-corrected chi connectivity index (χ4v) is 3.23. The molecule has 1 N–H and O–H groups in total. The summed E-state index contributed by atoms with van der Waals surface area (Å²) in [4.78, 5) is 7.08. The molecule has 0 atom stereocenters. The Morgan fingerprint density at radius 2 is 2.06 bits per heavy atom. The quantitative estimate of drug-likeness (QED) is 0.835. The fourth-order valence-electron chi connectivity index (χ4n) is 3.23. The number of hydrogen-bond donors (Lipinski definition) is 1. The highest BCUT2D eigenvalue weighted by atomic mass is 15.2. The lowest BCUT2D eigenvalue weighted by Gasteiger charge is -2.38. The summed E-state index contributed by atoms with van der Waals surface area (Å²) in [5.74, 6) is 1.24. The zero-order chi connectivity index (χ0) is 11.7. The Morgan fingerprint density at radius 3 is 2.82 bits per heavy atom. The van der Waals surface area contributed by atoms with Gasteiger partial charge in [0.2, 0.25) is 0 Å². The molecule has 17 heavy (non-hydrogen) atoms. The van der Waals surface area contributed by atoms with E-state index < -0.39 is 0 Å². The van der Waals surface area contributed by atoms with Gasteiger partial charge in [-0.3, -0.25) is 4.90 Å². The van der Waals surface area contributed by atoms with Gasteiger partial charge in [0.1, 0.15) is 5.82 Å². The molecule has 1 aliphatic heterocycles. The number of imidazole rings is 1. The van der Waals surface area contributed by atoms with E-state index in [0.717, 1.165) is 25.2 Å². The molecule has 1 aliphatic carbocycles. The summed E-state index contributed by atoms with van der Waals surface area (Å²) in [7, 11) is 2.09. The number of aromatic nitrogens is 2. The highest BCUT2D eigenvalue weighted by molar-refractivity contribution is 4.97. The number of fused-ring (bicyclic) bond motifs is 1. The van der Waals surface area contributed by atoms with Crippen LogP contribution < -0.4 is 5.32 Å². The Hall–Kier alpha value is -0.870. The first-order valence-electron chi connectivity index (χ1n) is 6.78. The van der Waals surface area contributed by atoms with Gasteiger partial charge in [-0.15, -0.1) is 0 Å². The maximum Gasteiger partial charge on any atom is 0.122 e. The summed E-state index contributed by atoms with van der Waals surface area (Å²) in [6.07, 6.45) is 9.36. The van der Waals surface area contributed by atoms with Crippen LogP contribution in [0.15, 0.2) is 12.4 Å². The molecular weight excluding hydrogens is 212 g/mol. The SMILES string of the molecule is CNC1CCC(N2CCn3ccnc3C2)CC1. The van der Waals surface area contributed by atoms with E-state index in [0.29, 0.717) is 0 Å². The van der Waals surface area contributed by atoms with Crippen molar-refractivity contribution < 1.29 is 0 Å². The molecule has 0 aromatic carbocycles. The lowest BCUT2D eigenvalue weighted by Crippen LogP contribution is -2.45. The average Bonchev–Trinajstić information content (AvgIpc) is 2.86. The smallest absolute Gasteiger partial charge is 0.122 e. The second kappa shape index (κ2) is 4.78. The predicted molar refractivity (Wildman–Crippen MR) is 67.7 cm³/mol. The fraction of sp³-hybridized carbons (Fsp3) is 0.769. The van der Waals surface area contributed by atoms with E-state index in [1.165, 1.54) is 38.1 Å². The topological polar surface area (TPSA) is 33.1 Å². The molecule has 0 spiro atoms. The molecule has 4 heteroatoms. The monoisotopic (exact) mass is 234 g/mol. The first-order chi connectivity index (χ1) is 8.36. The van der Waals surface area contributed by atoms with Crippen LogP contribution in [0.3, 0.4) is 0 Å². The lowest BCUT2D eigenvalue weighted by atomic mass is 9.90. The number of nitrogens with zero attached hydrogens (tertiary/aromatic N) is 3. The van der Waals surface area contributed by atoms with Crippen molar-refractivity contribution in [1.29, 1.82) is 0 Å². The molecule has 4 nitrogen and oxygen atoms in total. The molecule has 0 saturated heterocycles. The summed E-state index contributed by atoms with van der Waals surface area (Å²) in [5, 5.41) is 3.40. The summed E-state index contributed by atoms with van der Waals surface area (Å²) in [6.45, 7) is 3.35. The summed E-state index contributed by atoms with van der Waals surface area (Å²) >= 11 is 0. The number of hydrogen-bond acceptors (Lipinski definition) is 3. The molecule has 0 amide bonds. The van der Waals surface area contributed by atoms with Crippen LogP contribution >= 0.6 is 0 Å². The largest absolute Gasteiger partial charge is 0.333 e. The zero-order valence-electron chi connectivity index (χ0n) is 10.6. The Labute approximate surface area is 103 Å². The van der Waals surface area contributed by atoms with E-state index in [2.05, 4.69) is 33.0 Å².